The van der Waals surface area contributed by atoms with Crippen molar-refractivity contribution in [3.05, 3.63) is 41.6 Å². The predicted molar refractivity (Wildman–Crippen MR) is 74.8 cm³/mol. The molecule has 0 bridgehead atoms. The molecule has 2 aromatic rings. The van der Waals surface area contributed by atoms with Gasteiger partial charge in [-0.25, -0.2) is 0 Å². The second-order valence-corrected chi connectivity index (χ2v) is 4.38. The number of ether oxygens (including phenoxy) is 1. The molecule has 1 aromatic carbocycles. The molecule has 0 aliphatic heterocycles. The number of hydrogen-bond acceptors (Lipinski definition) is 3. The van der Waals surface area contributed by atoms with Crippen molar-refractivity contribution in [2.24, 2.45) is 0 Å². The first-order valence-electron chi connectivity index (χ1n) is 6.37. The fraction of sp³-hybridized carbons (Fsp3) is 0.400. The summed E-state index contributed by atoms with van der Waals surface area (Å²) in [7, 11) is 1.94. The highest BCUT2D eigenvalue weighted by atomic mass is 16.5. The lowest BCUT2D eigenvalue weighted by Gasteiger charge is -2.17. The average Bonchev–Trinajstić information content (AvgIpc) is 2.40. The van der Waals surface area contributed by atoms with E-state index in [1.165, 1.54) is 10.9 Å². The fourth-order valence-corrected chi connectivity index (χ4v) is 2.11. The molecule has 0 amide bonds. The number of nitrogens with one attached hydrogen (secondary N) is 1. The number of pyridine rings is 1. The minimum atomic E-state index is 0.147. The van der Waals surface area contributed by atoms with E-state index in [0.717, 1.165) is 17.8 Å². The van der Waals surface area contributed by atoms with Crippen molar-refractivity contribution in [1.82, 2.24) is 10.3 Å². The Hall–Kier alpha value is -1.45. The Labute approximate surface area is 108 Å². The lowest BCUT2D eigenvalue weighted by molar-refractivity contribution is 0.124. The summed E-state index contributed by atoms with van der Waals surface area (Å²) in [5.74, 6) is 0. The van der Waals surface area contributed by atoms with Gasteiger partial charge in [0.1, 0.15) is 0 Å². The van der Waals surface area contributed by atoms with E-state index in [1.54, 1.807) is 0 Å². The van der Waals surface area contributed by atoms with Crippen LogP contribution < -0.4 is 5.32 Å². The van der Waals surface area contributed by atoms with Gasteiger partial charge in [0.25, 0.3) is 0 Å². The molecule has 3 heteroatoms. The highest BCUT2D eigenvalue weighted by Crippen LogP contribution is 2.20. The van der Waals surface area contributed by atoms with Crippen LogP contribution in [0.2, 0.25) is 0 Å². The van der Waals surface area contributed by atoms with Crippen LogP contribution in [0.4, 0.5) is 0 Å². The van der Waals surface area contributed by atoms with Crippen LogP contribution in [-0.2, 0) is 4.74 Å². The Morgan fingerprint density at radius 2 is 2.11 bits per heavy atom. The number of fused-ring (bicyclic) bond motifs is 1. The fourth-order valence-electron chi connectivity index (χ4n) is 2.11. The highest BCUT2D eigenvalue weighted by molar-refractivity contribution is 5.82. The van der Waals surface area contributed by atoms with Crippen LogP contribution in [0.3, 0.4) is 0 Å². The van der Waals surface area contributed by atoms with Gasteiger partial charge in [-0.15, -0.1) is 0 Å². The Balaban J connectivity index is 2.38. The van der Waals surface area contributed by atoms with Crippen molar-refractivity contribution in [2.75, 3.05) is 20.3 Å². The molecule has 96 valence electrons. The molecule has 18 heavy (non-hydrogen) atoms. The standard InChI is InChI=1S/C15H20N2O/c1-4-18-10-15(16-3)14-9-11(2)12-7-5-6-8-13(12)17-14/h5-9,15-16H,4,10H2,1-3H3. The molecule has 1 heterocycles. The van der Waals surface area contributed by atoms with Gasteiger partial charge in [0, 0.05) is 12.0 Å². The van der Waals surface area contributed by atoms with Gasteiger partial charge < -0.3 is 10.1 Å². The third-order valence-corrected chi connectivity index (χ3v) is 3.14. The molecule has 3 nitrogen and oxygen atoms in total. The maximum atomic E-state index is 5.49. The Bertz CT molecular complexity index is 525. The predicted octanol–water partition coefficient (Wildman–Crippen LogP) is 2.84. The molecule has 0 saturated carbocycles. The first-order valence-corrected chi connectivity index (χ1v) is 6.37. The second kappa shape index (κ2) is 5.94. The summed E-state index contributed by atoms with van der Waals surface area (Å²) in [6.07, 6.45) is 0. The molecular weight excluding hydrogens is 224 g/mol. The molecule has 0 aliphatic carbocycles. The van der Waals surface area contributed by atoms with Gasteiger partial charge in [0.15, 0.2) is 0 Å². The zero-order valence-electron chi connectivity index (χ0n) is 11.2. The molecule has 2 rings (SSSR count). The molecule has 1 N–H and O–H groups in total. The SMILES string of the molecule is CCOCC(NC)c1cc(C)c2ccccc2n1. The third-order valence-electron chi connectivity index (χ3n) is 3.14. The summed E-state index contributed by atoms with van der Waals surface area (Å²) < 4.78 is 5.49. The van der Waals surface area contributed by atoms with E-state index in [0.29, 0.717) is 6.61 Å². The number of hydrogen-bond donors (Lipinski definition) is 1. The van der Waals surface area contributed by atoms with Gasteiger partial charge in [-0.05, 0) is 38.6 Å². The molecule has 0 radical (unpaired) electrons. The van der Waals surface area contributed by atoms with Crippen molar-refractivity contribution in [3.63, 3.8) is 0 Å². The van der Waals surface area contributed by atoms with Crippen LogP contribution in [0.5, 0.6) is 0 Å². The summed E-state index contributed by atoms with van der Waals surface area (Å²) in [5, 5.41) is 4.47. The number of nitrogens with zero attached hydrogens (tertiary/aromatic N) is 1. The van der Waals surface area contributed by atoms with Gasteiger partial charge in [0.2, 0.25) is 0 Å². The van der Waals surface area contributed by atoms with Crippen LogP contribution >= 0.6 is 0 Å². The van der Waals surface area contributed by atoms with Crippen molar-refractivity contribution in [3.8, 4) is 0 Å². The molecule has 1 atom stereocenters. The van der Waals surface area contributed by atoms with E-state index in [1.807, 2.05) is 26.1 Å². The topological polar surface area (TPSA) is 34.1 Å². The summed E-state index contributed by atoms with van der Waals surface area (Å²) in [6, 6.07) is 10.5. The monoisotopic (exact) mass is 244 g/mol. The van der Waals surface area contributed by atoms with Gasteiger partial charge in [-0.2, -0.15) is 0 Å². The summed E-state index contributed by atoms with van der Waals surface area (Å²) in [6.45, 7) is 5.51. The number of likely N-dealkylation sites (N-methyl/N-ethyl adjacent to an activating group) is 1. The van der Waals surface area contributed by atoms with E-state index in [-0.39, 0.29) is 6.04 Å². The number of aryl methyl sites for hydroxylation is 1. The van der Waals surface area contributed by atoms with E-state index >= 15 is 0 Å². The minimum Gasteiger partial charge on any atom is -0.380 e. The number of rotatable bonds is 5. The largest absolute Gasteiger partial charge is 0.380 e. The number of aromatic nitrogens is 1. The normalized spacial score (nSPS) is 12.8. The molecule has 1 unspecified atom stereocenters. The van der Waals surface area contributed by atoms with Crippen molar-refractivity contribution < 1.29 is 4.74 Å². The van der Waals surface area contributed by atoms with Crippen molar-refractivity contribution in [2.45, 2.75) is 19.9 Å². The summed E-state index contributed by atoms with van der Waals surface area (Å²) >= 11 is 0. The number of para-hydroxylation sites is 1. The van der Waals surface area contributed by atoms with Crippen LogP contribution in [0.15, 0.2) is 30.3 Å². The maximum absolute atomic E-state index is 5.49. The molecular formula is C15H20N2O. The van der Waals surface area contributed by atoms with E-state index in [4.69, 9.17) is 9.72 Å². The first kappa shape index (κ1) is 13.0. The molecule has 0 aliphatic rings. The zero-order chi connectivity index (χ0) is 13.0. The quantitative estimate of drug-likeness (QED) is 0.878. The second-order valence-electron chi connectivity index (χ2n) is 4.38. The number of benzene rings is 1. The Kier molecular flexibility index (Phi) is 4.28. The van der Waals surface area contributed by atoms with Gasteiger partial charge in [0.05, 0.1) is 23.9 Å². The highest BCUT2D eigenvalue weighted by Gasteiger charge is 2.12. The molecule has 1 aromatic heterocycles. The summed E-state index contributed by atoms with van der Waals surface area (Å²) in [4.78, 5) is 4.72. The average molecular weight is 244 g/mol. The van der Waals surface area contributed by atoms with Crippen LogP contribution in [0.1, 0.15) is 24.2 Å². The molecule has 0 spiro atoms. The van der Waals surface area contributed by atoms with Gasteiger partial charge in [-0.1, -0.05) is 18.2 Å². The van der Waals surface area contributed by atoms with Gasteiger partial charge >= 0.3 is 0 Å². The zero-order valence-corrected chi connectivity index (χ0v) is 11.2. The lowest BCUT2D eigenvalue weighted by Crippen LogP contribution is -2.23. The lowest BCUT2D eigenvalue weighted by atomic mass is 10.1. The Morgan fingerprint density at radius 1 is 1.33 bits per heavy atom. The van der Waals surface area contributed by atoms with E-state index in [9.17, 15) is 0 Å². The smallest absolute Gasteiger partial charge is 0.0730 e. The van der Waals surface area contributed by atoms with Crippen LogP contribution in [0, 0.1) is 6.92 Å². The molecule has 0 saturated heterocycles. The Morgan fingerprint density at radius 3 is 2.83 bits per heavy atom. The first-order chi connectivity index (χ1) is 8.76. The maximum Gasteiger partial charge on any atom is 0.0730 e. The van der Waals surface area contributed by atoms with Crippen LogP contribution in [0.25, 0.3) is 10.9 Å². The third kappa shape index (κ3) is 2.68. The minimum absolute atomic E-state index is 0.147. The van der Waals surface area contributed by atoms with Crippen LogP contribution in [-0.4, -0.2) is 25.2 Å². The molecule has 0 fully saturated rings. The van der Waals surface area contributed by atoms with Crippen molar-refractivity contribution in [1.29, 1.82) is 0 Å². The van der Waals surface area contributed by atoms with E-state index < -0.39 is 0 Å². The van der Waals surface area contributed by atoms with Crippen molar-refractivity contribution >= 4 is 10.9 Å². The van der Waals surface area contributed by atoms with E-state index in [2.05, 4.69) is 30.4 Å². The van der Waals surface area contributed by atoms with Gasteiger partial charge in [-0.3, -0.25) is 4.98 Å². The summed E-state index contributed by atoms with van der Waals surface area (Å²) in [5.41, 5.74) is 3.35.